The molecule has 0 unspecified atom stereocenters. The third-order valence-corrected chi connectivity index (χ3v) is 2.84. The van der Waals surface area contributed by atoms with E-state index in [1.807, 2.05) is 0 Å². The summed E-state index contributed by atoms with van der Waals surface area (Å²) in [5, 5.41) is 0.578. The normalized spacial score (nSPS) is 10.4. The molecule has 2 aromatic rings. The zero-order valence-corrected chi connectivity index (χ0v) is 11.0. The molecule has 94 valence electrons. The molecule has 1 aromatic carbocycles. The fourth-order valence-electron chi connectivity index (χ4n) is 1.73. The van der Waals surface area contributed by atoms with Crippen LogP contribution in [0.2, 0.25) is 5.02 Å². The summed E-state index contributed by atoms with van der Waals surface area (Å²) < 4.78 is 10.5. The van der Waals surface area contributed by atoms with Gasteiger partial charge in [-0.3, -0.25) is 4.79 Å². The van der Waals surface area contributed by atoms with Crippen molar-refractivity contribution in [3.8, 4) is 5.75 Å². The molecule has 1 heterocycles. The summed E-state index contributed by atoms with van der Waals surface area (Å²) in [7, 11) is 1.56. The van der Waals surface area contributed by atoms with Crippen molar-refractivity contribution in [2.75, 3.05) is 7.11 Å². The number of ether oxygens (including phenoxy) is 1. The van der Waals surface area contributed by atoms with E-state index in [4.69, 9.17) is 20.8 Å². The van der Waals surface area contributed by atoms with E-state index < -0.39 is 0 Å². The lowest BCUT2D eigenvalue weighted by molar-refractivity contribution is 0.0964. The number of benzene rings is 1. The standard InChI is InChI=1S/C14H13ClO3/c1-9-3-5-14(18-9)12(16)8-10-7-11(15)4-6-13(10)17-2/h3-7H,8H2,1-2H3. The molecule has 3 nitrogen and oxygen atoms in total. The summed E-state index contributed by atoms with van der Waals surface area (Å²) in [6.07, 6.45) is 0.205. The van der Waals surface area contributed by atoms with Crippen LogP contribution in [0.25, 0.3) is 0 Å². The summed E-state index contributed by atoms with van der Waals surface area (Å²) in [5.74, 6) is 1.63. The van der Waals surface area contributed by atoms with E-state index in [9.17, 15) is 4.79 Å². The van der Waals surface area contributed by atoms with E-state index in [0.717, 1.165) is 11.3 Å². The van der Waals surface area contributed by atoms with Crippen molar-refractivity contribution in [1.29, 1.82) is 0 Å². The molecule has 0 spiro atoms. The quantitative estimate of drug-likeness (QED) is 0.791. The highest BCUT2D eigenvalue weighted by Crippen LogP contribution is 2.24. The van der Waals surface area contributed by atoms with E-state index in [1.54, 1.807) is 44.4 Å². The Labute approximate surface area is 110 Å². The fourth-order valence-corrected chi connectivity index (χ4v) is 1.92. The van der Waals surface area contributed by atoms with E-state index in [0.29, 0.717) is 16.5 Å². The Morgan fingerprint density at radius 3 is 2.72 bits per heavy atom. The number of carbonyl (C=O) groups is 1. The van der Waals surface area contributed by atoms with Crippen molar-refractivity contribution in [1.82, 2.24) is 0 Å². The van der Waals surface area contributed by atoms with Gasteiger partial charge >= 0.3 is 0 Å². The van der Waals surface area contributed by atoms with Crippen LogP contribution in [0.4, 0.5) is 0 Å². The second-order valence-electron chi connectivity index (χ2n) is 3.97. The lowest BCUT2D eigenvalue weighted by Gasteiger charge is -2.07. The Kier molecular flexibility index (Phi) is 3.72. The maximum absolute atomic E-state index is 12.0. The largest absolute Gasteiger partial charge is 0.496 e. The highest BCUT2D eigenvalue weighted by atomic mass is 35.5. The summed E-state index contributed by atoms with van der Waals surface area (Å²) >= 11 is 5.92. The molecule has 0 aliphatic carbocycles. The van der Waals surface area contributed by atoms with Gasteiger partial charge in [0.05, 0.1) is 7.11 Å². The van der Waals surface area contributed by atoms with Gasteiger partial charge in [0.1, 0.15) is 11.5 Å². The van der Waals surface area contributed by atoms with Crippen molar-refractivity contribution in [3.05, 3.63) is 52.4 Å². The number of ketones is 1. The average Bonchev–Trinajstić information content (AvgIpc) is 2.76. The maximum atomic E-state index is 12.0. The first-order valence-corrected chi connectivity index (χ1v) is 5.90. The van der Waals surface area contributed by atoms with Gasteiger partial charge in [0.25, 0.3) is 0 Å². The Bertz CT molecular complexity index is 572. The van der Waals surface area contributed by atoms with Crippen LogP contribution in [0.3, 0.4) is 0 Å². The summed E-state index contributed by atoms with van der Waals surface area (Å²) in [4.78, 5) is 12.0. The van der Waals surface area contributed by atoms with Gasteiger partial charge in [0, 0.05) is 17.0 Å². The molecule has 1 aromatic heterocycles. The second-order valence-corrected chi connectivity index (χ2v) is 4.40. The Hall–Kier alpha value is -1.74. The van der Waals surface area contributed by atoms with E-state index in [1.165, 1.54) is 0 Å². The minimum absolute atomic E-state index is 0.0938. The molecule has 0 fully saturated rings. The van der Waals surface area contributed by atoms with Crippen LogP contribution in [-0.4, -0.2) is 12.9 Å². The van der Waals surface area contributed by atoms with Crippen LogP contribution >= 0.6 is 11.6 Å². The molecule has 0 aliphatic heterocycles. The van der Waals surface area contributed by atoms with Crippen LogP contribution in [0, 0.1) is 6.92 Å². The molecule has 0 amide bonds. The predicted molar refractivity (Wildman–Crippen MR) is 69.5 cm³/mol. The molecular formula is C14H13ClO3. The predicted octanol–water partition coefficient (Wildman–Crippen LogP) is 3.68. The number of halogens is 1. The van der Waals surface area contributed by atoms with Crippen molar-refractivity contribution < 1.29 is 13.9 Å². The highest BCUT2D eigenvalue weighted by molar-refractivity contribution is 6.30. The van der Waals surface area contributed by atoms with Crippen LogP contribution in [0.15, 0.2) is 34.7 Å². The number of furan rings is 1. The number of rotatable bonds is 4. The van der Waals surface area contributed by atoms with E-state index >= 15 is 0 Å². The van der Waals surface area contributed by atoms with Crippen LogP contribution in [0.5, 0.6) is 5.75 Å². The molecule has 0 N–H and O–H groups in total. The smallest absolute Gasteiger partial charge is 0.202 e. The Morgan fingerprint density at radius 2 is 2.11 bits per heavy atom. The van der Waals surface area contributed by atoms with Crippen molar-refractivity contribution >= 4 is 17.4 Å². The second kappa shape index (κ2) is 5.27. The molecular weight excluding hydrogens is 252 g/mol. The zero-order chi connectivity index (χ0) is 13.1. The zero-order valence-electron chi connectivity index (χ0n) is 10.2. The summed E-state index contributed by atoms with van der Waals surface area (Å²) in [6.45, 7) is 1.80. The molecule has 2 rings (SSSR count). The van der Waals surface area contributed by atoms with Gasteiger partial charge in [0.2, 0.25) is 5.78 Å². The van der Waals surface area contributed by atoms with Gasteiger partial charge in [-0.05, 0) is 37.3 Å². The average molecular weight is 265 g/mol. The van der Waals surface area contributed by atoms with Gasteiger partial charge in [0.15, 0.2) is 5.76 Å². The number of methoxy groups -OCH3 is 1. The monoisotopic (exact) mass is 264 g/mol. The van der Waals surface area contributed by atoms with Crippen LogP contribution in [0.1, 0.15) is 21.9 Å². The van der Waals surface area contributed by atoms with Crippen LogP contribution < -0.4 is 4.74 Å². The number of Topliss-reactive ketones (excluding diaryl/α,β-unsaturated/α-hetero) is 1. The number of hydrogen-bond acceptors (Lipinski definition) is 3. The van der Waals surface area contributed by atoms with Crippen molar-refractivity contribution in [3.63, 3.8) is 0 Å². The van der Waals surface area contributed by atoms with E-state index in [2.05, 4.69) is 0 Å². The van der Waals surface area contributed by atoms with E-state index in [-0.39, 0.29) is 12.2 Å². The van der Waals surface area contributed by atoms with Crippen molar-refractivity contribution in [2.45, 2.75) is 13.3 Å². The summed E-state index contributed by atoms with van der Waals surface area (Å²) in [5.41, 5.74) is 0.754. The highest BCUT2D eigenvalue weighted by Gasteiger charge is 2.14. The number of aryl methyl sites for hydroxylation is 1. The molecule has 4 heteroatoms. The number of hydrogen-bond donors (Lipinski definition) is 0. The molecule has 0 radical (unpaired) electrons. The third kappa shape index (κ3) is 2.74. The Balaban J connectivity index is 2.23. The molecule has 0 bridgehead atoms. The third-order valence-electron chi connectivity index (χ3n) is 2.61. The topological polar surface area (TPSA) is 39.4 Å². The van der Waals surface area contributed by atoms with Gasteiger partial charge in [-0.25, -0.2) is 0 Å². The first kappa shape index (κ1) is 12.7. The maximum Gasteiger partial charge on any atom is 0.202 e. The molecule has 18 heavy (non-hydrogen) atoms. The fraction of sp³-hybridized carbons (Fsp3) is 0.214. The van der Waals surface area contributed by atoms with Gasteiger partial charge in [-0.15, -0.1) is 0 Å². The minimum atomic E-state index is -0.0938. The Morgan fingerprint density at radius 1 is 1.33 bits per heavy atom. The molecule has 0 atom stereocenters. The van der Waals surface area contributed by atoms with Gasteiger partial charge in [-0.1, -0.05) is 11.6 Å². The minimum Gasteiger partial charge on any atom is -0.496 e. The lowest BCUT2D eigenvalue weighted by atomic mass is 10.1. The molecule has 0 aliphatic rings. The number of carbonyl (C=O) groups excluding carboxylic acids is 1. The lowest BCUT2D eigenvalue weighted by Crippen LogP contribution is -2.03. The van der Waals surface area contributed by atoms with Gasteiger partial charge < -0.3 is 9.15 Å². The summed E-state index contributed by atoms with van der Waals surface area (Å²) in [6, 6.07) is 8.65. The molecule has 0 saturated heterocycles. The SMILES string of the molecule is COc1ccc(Cl)cc1CC(=O)c1ccc(C)o1. The first-order chi connectivity index (χ1) is 8.60. The van der Waals surface area contributed by atoms with Gasteiger partial charge in [-0.2, -0.15) is 0 Å². The molecule has 0 saturated carbocycles. The van der Waals surface area contributed by atoms with Crippen molar-refractivity contribution in [2.24, 2.45) is 0 Å². The first-order valence-electron chi connectivity index (χ1n) is 5.52. The van der Waals surface area contributed by atoms with Crippen LogP contribution in [-0.2, 0) is 6.42 Å².